The quantitative estimate of drug-likeness (QED) is 0.749. The van der Waals surface area contributed by atoms with Crippen LogP contribution in [0.1, 0.15) is 37.9 Å². The third-order valence-electron chi connectivity index (χ3n) is 2.02. The van der Waals surface area contributed by atoms with E-state index in [1.807, 2.05) is 0 Å². The maximum atomic E-state index is 5.59. The standard InChI is InChI=1S/C9H16N2O/c1-3-5-6-8-7(4-2)9(10)12-11-8/h3-6,10H2,1-2H3. The van der Waals surface area contributed by atoms with Gasteiger partial charge in [-0.2, -0.15) is 0 Å². The number of hydrogen-bond acceptors (Lipinski definition) is 3. The normalized spacial score (nSPS) is 10.5. The van der Waals surface area contributed by atoms with Gasteiger partial charge in [0.25, 0.3) is 0 Å². The van der Waals surface area contributed by atoms with E-state index in [1.54, 1.807) is 0 Å². The van der Waals surface area contributed by atoms with Gasteiger partial charge < -0.3 is 10.3 Å². The highest BCUT2D eigenvalue weighted by Crippen LogP contribution is 2.18. The number of aryl methyl sites for hydroxylation is 1. The molecule has 0 amide bonds. The van der Waals surface area contributed by atoms with E-state index in [4.69, 9.17) is 10.3 Å². The summed E-state index contributed by atoms with van der Waals surface area (Å²) < 4.78 is 4.91. The molecule has 0 bridgehead atoms. The molecule has 3 heteroatoms. The van der Waals surface area contributed by atoms with Crippen LogP contribution in [0.25, 0.3) is 0 Å². The van der Waals surface area contributed by atoms with Crippen molar-refractivity contribution in [2.45, 2.75) is 39.5 Å². The monoisotopic (exact) mass is 168 g/mol. The molecule has 0 aromatic carbocycles. The SMILES string of the molecule is CCCCc1noc(N)c1CC. The van der Waals surface area contributed by atoms with Gasteiger partial charge in [0.1, 0.15) is 0 Å². The number of nitrogen functional groups attached to an aromatic ring is 1. The Morgan fingerprint density at radius 2 is 2.17 bits per heavy atom. The lowest BCUT2D eigenvalue weighted by molar-refractivity contribution is 0.426. The van der Waals surface area contributed by atoms with Crippen molar-refractivity contribution in [1.29, 1.82) is 0 Å². The lowest BCUT2D eigenvalue weighted by atomic mass is 10.1. The average Bonchev–Trinajstić information content (AvgIpc) is 2.43. The minimum Gasteiger partial charge on any atom is -0.367 e. The first-order valence-electron chi connectivity index (χ1n) is 4.52. The molecule has 0 aliphatic rings. The molecule has 0 spiro atoms. The third kappa shape index (κ3) is 1.78. The number of anilines is 1. The largest absolute Gasteiger partial charge is 0.367 e. The summed E-state index contributed by atoms with van der Waals surface area (Å²) in [6, 6.07) is 0. The van der Waals surface area contributed by atoms with Crippen LogP contribution >= 0.6 is 0 Å². The predicted molar refractivity (Wildman–Crippen MR) is 48.9 cm³/mol. The first kappa shape index (κ1) is 9.10. The van der Waals surface area contributed by atoms with E-state index in [9.17, 15) is 0 Å². The first-order valence-corrected chi connectivity index (χ1v) is 4.52. The van der Waals surface area contributed by atoms with Crippen molar-refractivity contribution >= 4 is 5.88 Å². The fourth-order valence-electron chi connectivity index (χ4n) is 1.28. The van der Waals surface area contributed by atoms with Gasteiger partial charge >= 0.3 is 0 Å². The Labute approximate surface area is 72.9 Å². The lowest BCUT2D eigenvalue weighted by Crippen LogP contribution is -1.93. The Morgan fingerprint density at radius 1 is 1.42 bits per heavy atom. The van der Waals surface area contributed by atoms with Crippen LogP contribution in [0.3, 0.4) is 0 Å². The zero-order chi connectivity index (χ0) is 8.97. The van der Waals surface area contributed by atoms with E-state index in [1.165, 1.54) is 6.42 Å². The second-order valence-corrected chi connectivity index (χ2v) is 2.93. The zero-order valence-corrected chi connectivity index (χ0v) is 7.76. The van der Waals surface area contributed by atoms with E-state index in [0.29, 0.717) is 5.88 Å². The van der Waals surface area contributed by atoms with Gasteiger partial charge in [0.05, 0.1) is 5.69 Å². The first-order chi connectivity index (χ1) is 5.79. The van der Waals surface area contributed by atoms with Crippen LogP contribution in [0.5, 0.6) is 0 Å². The van der Waals surface area contributed by atoms with Gasteiger partial charge in [-0.05, 0) is 19.3 Å². The Bertz CT molecular complexity index is 243. The number of aromatic nitrogens is 1. The van der Waals surface area contributed by atoms with E-state index in [2.05, 4.69) is 19.0 Å². The summed E-state index contributed by atoms with van der Waals surface area (Å²) in [6.07, 6.45) is 4.23. The van der Waals surface area contributed by atoms with Gasteiger partial charge in [-0.3, -0.25) is 0 Å². The number of nitrogens with two attached hydrogens (primary N) is 1. The smallest absolute Gasteiger partial charge is 0.225 e. The van der Waals surface area contributed by atoms with Crippen molar-refractivity contribution in [3.63, 3.8) is 0 Å². The highest BCUT2D eigenvalue weighted by molar-refractivity contribution is 5.38. The van der Waals surface area contributed by atoms with Gasteiger partial charge in [-0.25, -0.2) is 0 Å². The van der Waals surface area contributed by atoms with Crippen molar-refractivity contribution < 1.29 is 4.52 Å². The number of unbranched alkanes of at least 4 members (excludes halogenated alkanes) is 1. The average molecular weight is 168 g/mol. The number of hydrogen-bond donors (Lipinski definition) is 1. The minimum absolute atomic E-state index is 0.489. The highest BCUT2D eigenvalue weighted by atomic mass is 16.5. The maximum absolute atomic E-state index is 5.59. The molecule has 0 aliphatic heterocycles. The van der Waals surface area contributed by atoms with Crippen molar-refractivity contribution in [2.24, 2.45) is 0 Å². The molecule has 1 rings (SSSR count). The van der Waals surface area contributed by atoms with Crippen LogP contribution < -0.4 is 5.73 Å². The van der Waals surface area contributed by atoms with Gasteiger partial charge in [0.2, 0.25) is 5.88 Å². The summed E-state index contributed by atoms with van der Waals surface area (Å²) in [5.74, 6) is 0.489. The van der Waals surface area contributed by atoms with Crippen LogP contribution in [0.2, 0.25) is 0 Å². The molecule has 68 valence electrons. The van der Waals surface area contributed by atoms with E-state index < -0.39 is 0 Å². The molecule has 0 fully saturated rings. The van der Waals surface area contributed by atoms with Gasteiger partial charge in [-0.15, -0.1) is 0 Å². The fourth-order valence-corrected chi connectivity index (χ4v) is 1.28. The Hall–Kier alpha value is -0.990. The molecule has 0 aliphatic carbocycles. The van der Waals surface area contributed by atoms with E-state index in [-0.39, 0.29) is 0 Å². The molecular formula is C9H16N2O. The van der Waals surface area contributed by atoms with Crippen LogP contribution in [0.4, 0.5) is 5.88 Å². The van der Waals surface area contributed by atoms with Crippen LogP contribution in [0, 0.1) is 0 Å². The molecular weight excluding hydrogens is 152 g/mol. The Balaban J connectivity index is 2.70. The molecule has 3 nitrogen and oxygen atoms in total. The molecule has 0 saturated heterocycles. The summed E-state index contributed by atoms with van der Waals surface area (Å²) in [7, 11) is 0. The van der Waals surface area contributed by atoms with Crippen molar-refractivity contribution in [3.05, 3.63) is 11.3 Å². The molecule has 0 atom stereocenters. The minimum atomic E-state index is 0.489. The molecule has 0 unspecified atom stereocenters. The zero-order valence-electron chi connectivity index (χ0n) is 7.76. The summed E-state index contributed by atoms with van der Waals surface area (Å²) in [5, 5.41) is 3.92. The topological polar surface area (TPSA) is 52.0 Å². The molecule has 0 saturated carbocycles. The number of nitrogens with zero attached hydrogens (tertiary/aromatic N) is 1. The third-order valence-corrected chi connectivity index (χ3v) is 2.02. The van der Waals surface area contributed by atoms with E-state index >= 15 is 0 Å². The van der Waals surface area contributed by atoms with Crippen LogP contribution in [-0.2, 0) is 12.8 Å². The molecule has 12 heavy (non-hydrogen) atoms. The lowest BCUT2D eigenvalue weighted by Gasteiger charge is -1.96. The summed E-state index contributed by atoms with van der Waals surface area (Å²) in [5.41, 5.74) is 7.72. The Kier molecular flexibility index (Phi) is 3.14. The number of rotatable bonds is 4. The second kappa shape index (κ2) is 4.14. The second-order valence-electron chi connectivity index (χ2n) is 2.93. The highest BCUT2D eigenvalue weighted by Gasteiger charge is 2.10. The summed E-state index contributed by atoms with van der Waals surface area (Å²) >= 11 is 0. The fraction of sp³-hybridized carbons (Fsp3) is 0.667. The maximum Gasteiger partial charge on any atom is 0.225 e. The predicted octanol–water partition coefficient (Wildman–Crippen LogP) is 2.16. The van der Waals surface area contributed by atoms with E-state index in [0.717, 1.165) is 30.5 Å². The van der Waals surface area contributed by atoms with Crippen molar-refractivity contribution in [2.75, 3.05) is 5.73 Å². The van der Waals surface area contributed by atoms with Crippen LogP contribution in [0.15, 0.2) is 4.52 Å². The van der Waals surface area contributed by atoms with Gasteiger partial charge in [0.15, 0.2) is 0 Å². The molecule has 0 radical (unpaired) electrons. The van der Waals surface area contributed by atoms with Crippen molar-refractivity contribution in [1.82, 2.24) is 5.16 Å². The van der Waals surface area contributed by atoms with Gasteiger partial charge in [0, 0.05) is 5.56 Å². The van der Waals surface area contributed by atoms with Gasteiger partial charge in [-0.1, -0.05) is 25.4 Å². The molecule has 1 aromatic heterocycles. The summed E-state index contributed by atoms with van der Waals surface area (Å²) in [4.78, 5) is 0. The van der Waals surface area contributed by atoms with Crippen molar-refractivity contribution in [3.8, 4) is 0 Å². The molecule has 2 N–H and O–H groups in total. The Morgan fingerprint density at radius 3 is 2.75 bits per heavy atom. The summed E-state index contributed by atoms with van der Waals surface area (Å²) in [6.45, 7) is 4.23. The molecule has 1 aromatic rings. The van der Waals surface area contributed by atoms with Crippen LogP contribution in [-0.4, -0.2) is 5.16 Å². The molecule has 1 heterocycles.